The van der Waals surface area contributed by atoms with Crippen LogP contribution in [0.4, 0.5) is 0 Å². The van der Waals surface area contributed by atoms with Crippen LogP contribution in [0.25, 0.3) is 0 Å². The van der Waals surface area contributed by atoms with Crippen LogP contribution < -0.4 is 0 Å². The highest BCUT2D eigenvalue weighted by Gasteiger charge is 2.31. The summed E-state index contributed by atoms with van der Waals surface area (Å²) in [6, 6.07) is 10.5. The van der Waals surface area contributed by atoms with Gasteiger partial charge in [-0.3, -0.25) is 4.79 Å². The first-order chi connectivity index (χ1) is 9.29. The molecule has 4 heteroatoms. The Bertz CT molecular complexity index is 394. The summed E-state index contributed by atoms with van der Waals surface area (Å²) in [7, 11) is 0. The zero-order valence-electron chi connectivity index (χ0n) is 11.2. The fourth-order valence-electron chi connectivity index (χ4n) is 2.13. The molecule has 104 valence electrons. The second-order valence-corrected chi connectivity index (χ2v) is 7.00. The van der Waals surface area contributed by atoms with Crippen molar-refractivity contribution in [3.63, 3.8) is 0 Å². The van der Waals surface area contributed by atoms with Crippen molar-refractivity contribution in [1.29, 1.82) is 0 Å². The van der Waals surface area contributed by atoms with Gasteiger partial charge in [0.25, 0.3) is 0 Å². The Hall–Kier alpha value is -0.610. The molecule has 1 saturated heterocycles. The minimum absolute atomic E-state index is 0.00874. The fraction of sp³-hybridized carbons (Fsp3) is 0.533. The minimum atomic E-state index is -0.00874. The summed E-state index contributed by atoms with van der Waals surface area (Å²) in [5.74, 6) is 3.21. The van der Waals surface area contributed by atoms with E-state index in [2.05, 4.69) is 24.3 Å². The van der Waals surface area contributed by atoms with E-state index in [1.54, 1.807) is 0 Å². The molecule has 1 aromatic rings. The van der Waals surface area contributed by atoms with Crippen molar-refractivity contribution in [2.45, 2.75) is 24.3 Å². The smallest absolute Gasteiger partial charge is 0.309 e. The topological polar surface area (TPSA) is 26.3 Å². The van der Waals surface area contributed by atoms with Gasteiger partial charge < -0.3 is 4.74 Å². The third-order valence-corrected chi connectivity index (χ3v) is 5.93. The van der Waals surface area contributed by atoms with E-state index < -0.39 is 0 Å². The first kappa shape index (κ1) is 14.8. The van der Waals surface area contributed by atoms with Gasteiger partial charge in [0, 0.05) is 22.5 Å². The van der Waals surface area contributed by atoms with Crippen molar-refractivity contribution < 1.29 is 9.53 Å². The van der Waals surface area contributed by atoms with E-state index in [0.29, 0.717) is 11.9 Å². The summed E-state index contributed by atoms with van der Waals surface area (Å²) < 4.78 is 5.09. The first-order valence-electron chi connectivity index (χ1n) is 6.69. The zero-order chi connectivity index (χ0) is 13.5. The number of benzene rings is 1. The van der Waals surface area contributed by atoms with Crippen molar-refractivity contribution in [3.05, 3.63) is 35.9 Å². The van der Waals surface area contributed by atoms with E-state index in [4.69, 9.17) is 4.74 Å². The van der Waals surface area contributed by atoms with Gasteiger partial charge in [0.05, 0.1) is 12.5 Å². The van der Waals surface area contributed by atoms with Gasteiger partial charge in [-0.15, -0.1) is 0 Å². The molecule has 0 aromatic heterocycles. The Kier molecular flexibility index (Phi) is 6.11. The maximum Gasteiger partial charge on any atom is 0.309 e. The lowest BCUT2D eigenvalue weighted by molar-refractivity contribution is -0.147. The standard InChI is InChI=1S/C15H20O2S2/c1-2-17-15(16)13-8-14(19-10-13)11-18-9-12-6-4-3-5-7-12/h3-7,13-14H,2,8-11H2,1H3/t13-,14+/m0/s1. The molecule has 2 atom stereocenters. The molecular weight excluding hydrogens is 276 g/mol. The van der Waals surface area contributed by atoms with E-state index in [1.165, 1.54) is 5.56 Å². The number of hydrogen-bond acceptors (Lipinski definition) is 4. The van der Waals surface area contributed by atoms with Crippen molar-refractivity contribution >= 4 is 29.5 Å². The second-order valence-electron chi connectivity index (χ2n) is 4.64. The third-order valence-electron chi connectivity index (χ3n) is 3.12. The van der Waals surface area contributed by atoms with Crippen LogP contribution in [-0.4, -0.2) is 29.3 Å². The SMILES string of the molecule is CCOC(=O)[C@@H]1CS[C@@H](CSCc2ccccc2)C1. The van der Waals surface area contributed by atoms with Crippen LogP contribution in [0.5, 0.6) is 0 Å². The van der Waals surface area contributed by atoms with E-state index in [-0.39, 0.29) is 11.9 Å². The maximum atomic E-state index is 11.6. The summed E-state index contributed by atoms with van der Waals surface area (Å²) in [6.07, 6.45) is 0.977. The van der Waals surface area contributed by atoms with Gasteiger partial charge in [-0.2, -0.15) is 23.5 Å². The lowest BCUT2D eigenvalue weighted by atomic mass is 10.1. The molecule has 1 aliphatic heterocycles. The van der Waals surface area contributed by atoms with Gasteiger partial charge in [0.15, 0.2) is 0 Å². The molecular formula is C15H20O2S2. The minimum Gasteiger partial charge on any atom is -0.466 e. The molecule has 0 N–H and O–H groups in total. The Morgan fingerprint density at radius 2 is 2.21 bits per heavy atom. The lowest BCUT2D eigenvalue weighted by Crippen LogP contribution is -2.18. The molecule has 2 rings (SSSR count). The molecule has 0 radical (unpaired) electrons. The second kappa shape index (κ2) is 7.85. The number of carbonyl (C=O) groups is 1. The van der Waals surface area contributed by atoms with Crippen LogP contribution in [0.1, 0.15) is 18.9 Å². The Morgan fingerprint density at radius 1 is 1.42 bits per heavy atom. The van der Waals surface area contributed by atoms with E-state index in [1.807, 2.05) is 36.5 Å². The van der Waals surface area contributed by atoms with Crippen molar-refractivity contribution in [1.82, 2.24) is 0 Å². The summed E-state index contributed by atoms with van der Waals surface area (Å²) in [6.45, 7) is 2.36. The van der Waals surface area contributed by atoms with Crippen LogP contribution in [0.15, 0.2) is 30.3 Å². The van der Waals surface area contributed by atoms with Gasteiger partial charge in [0.1, 0.15) is 0 Å². The molecule has 0 amide bonds. The average Bonchev–Trinajstić information content (AvgIpc) is 2.89. The summed E-state index contributed by atoms with van der Waals surface area (Å²) >= 11 is 3.88. The summed E-state index contributed by atoms with van der Waals surface area (Å²) in [5, 5.41) is 0.600. The van der Waals surface area contributed by atoms with Crippen LogP contribution in [0.3, 0.4) is 0 Å². The molecule has 1 aromatic carbocycles. The molecule has 0 aliphatic carbocycles. The van der Waals surface area contributed by atoms with Crippen molar-refractivity contribution in [2.75, 3.05) is 18.1 Å². The van der Waals surface area contributed by atoms with Crippen LogP contribution in [0.2, 0.25) is 0 Å². The monoisotopic (exact) mass is 296 g/mol. The number of ether oxygens (including phenoxy) is 1. The number of hydrogen-bond donors (Lipinski definition) is 0. The molecule has 0 bridgehead atoms. The summed E-state index contributed by atoms with van der Waals surface area (Å²) in [5.41, 5.74) is 1.37. The Balaban J connectivity index is 1.67. The van der Waals surface area contributed by atoms with Crippen molar-refractivity contribution in [3.8, 4) is 0 Å². The number of thioether (sulfide) groups is 2. The predicted octanol–water partition coefficient (Wildman–Crippen LogP) is 3.60. The first-order valence-corrected chi connectivity index (χ1v) is 8.90. The molecule has 0 saturated carbocycles. The molecule has 0 spiro atoms. The van der Waals surface area contributed by atoms with Gasteiger partial charge in [-0.25, -0.2) is 0 Å². The van der Waals surface area contributed by atoms with Crippen molar-refractivity contribution in [2.24, 2.45) is 5.92 Å². The highest BCUT2D eigenvalue weighted by molar-refractivity contribution is 8.03. The largest absolute Gasteiger partial charge is 0.466 e. The maximum absolute atomic E-state index is 11.6. The van der Waals surface area contributed by atoms with Gasteiger partial charge >= 0.3 is 5.97 Å². The fourth-order valence-corrected chi connectivity index (χ4v) is 4.89. The molecule has 1 aliphatic rings. The van der Waals surface area contributed by atoms with E-state index in [0.717, 1.165) is 23.7 Å². The van der Waals surface area contributed by atoms with E-state index >= 15 is 0 Å². The van der Waals surface area contributed by atoms with Gasteiger partial charge in [-0.05, 0) is 18.9 Å². The predicted molar refractivity (Wildman–Crippen MR) is 83.6 cm³/mol. The van der Waals surface area contributed by atoms with Crippen LogP contribution >= 0.6 is 23.5 Å². The summed E-state index contributed by atoms with van der Waals surface area (Å²) in [4.78, 5) is 11.6. The number of esters is 1. The van der Waals surface area contributed by atoms with Gasteiger partial charge in [-0.1, -0.05) is 30.3 Å². The van der Waals surface area contributed by atoms with Gasteiger partial charge in [0.2, 0.25) is 0 Å². The lowest BCUT2D eigenvalue weighted by Gasteiger charge is -2.09. The Labute approximate surface area is 123 Å². The molecule has 1 fully saturated rings. The van der Waals surface area contributed by atoms with Crippen LogP contribution in [-0.2, 0) is 15.3 Å². The average molecular weight is 296 g/mol. The van der Waals surface area contributed by atoms with E-state index in [9.17, 15) is 4.79 Å². The normalized spacial score (nSPS) is 22.4. The number of rotatable bonds is 6. The zero-order valence-corrected chi connectivity index (χ0v) is 12.8. The quantitative estimate of drug-likeness (QED) is 0.749. The highest BCUT2D eigenvalue weighted by Crippen LogP contribution is 2.34. The third kappa shape index (κ3) is 4.77. The molecule has 0 unspecified atom stereocenters. The molecule has 1 heterocycles. The Morgan fingerprint density at radius 3 is 2.95 bits per heavy atom. The molecule has 19 heavy (non-hydrogen) atoms. The highest BCUT2D eigenvalue weighted by atomic mass is 32.2. The van der Waals surface area contributed by atoms with Crippen LogP contribution in [0, 0.1) is 5.92 Å². The molecule has 2 nitrogen and oxygen atoms in total. The number of carbonyl (C=O) groups excluding carboxylic acids is 1.